The van der Waals surface area contributed by atoms with Crippen LogP contribution in [0.15, 0.2) is 81.8 Å². The lowest BCUT2D eigenvalue weighted by molar-refractivity contribution is 1.56. The Bertz CT molecular complexity index is 670. The van der Waals surface area contributed by atoms with Crippen molar-refractivity contribution in [3.8, 4) is 0 Å². The van der Waals surface area contributed by atoms with Crippen LogP contribution in [0.25, 0.3) is 11.1 Å². The molecule has 0 spiro atoms. The summed E-state index contributed by atoms with van der Waals surface area (Å²) in [6, 6.07) is 16.8. The van der Waals surface area contributed by atoms with E-state index in [2.05, 4.69) is 99.1 Å². The highest BCUT2D eigenvalue weighted by molar-refractivity contribution is 9.10. The van der Waals surface area contributed by atoms with Crippen molar-refractivity contribution < 1.29 is 0 Å². The van der Waals surface area contributed by atoms with Crippen molar-refractivity contribution in [2.24, 2.45) is 0 Å². The topological polar surface area (TPSA) is 0 Å². The average Bonchev–Trinajstić information content (AvgIpc) is 2.83. The lowest BCUT2D eigenvalue weighted by Gasteiger charge is -2.10. The van der Waals surface area contributed by atoms with Crippen LogP contribution in [0.2, 0.25) is 0 Å². The van der Waals surface area contributed by atoms with Crippen LogP contribution in [0.5, 0.6) is 0 Å². The molecule has 0 unspecified atom stereocenters. The van der Waals surface area contributed by atoms with Gasteiger partial charge < -0.3 is 0 Å². The molecule has 0 saturated heterocycles. The molecule has 0 nitrogen and oxygen atoms in total. The van der Waals surface area contributed by atoms with Gasteiger partial charge in [-0.05, 0) is 52.1 Å². The third-order valence-electron chi connectivity index (χ3n) is 3.33. The summed E-state index contributed by atoms with van der Waals surface area (Å²) in [5.41, 5.74) is 5.90. The Morgan fingerprint density at radius 2 is 1.15 bits per heavy atom. The van der Waals surface area contributed by atoms with Crippen LogP contribution < -0.4 is 0 Å². The zero-order chi connectivity index (χ0) is 14.1. The Labute approximate surface area is 135 Å². The van der Waals surface area contributed by atoms with Gasteiger partial charge in [0.25, 0.3) is 0 Å². The zero-order valence-corrected chi connectivity index (χ0v) is 13.9. The van der Waals surface area contributed by atoms with E-state index in [0.717, 1.165) is 14.5 Å². The quantitative estimate of drug-likeness (QED) is 0.571. The second-order valence-electron chi connectivity index (χ2n) is 4.66. The van der Waals surface area contributed by atoms with E-state index in [4.69, 9.17) is 0 Å². The Balaban J connectivity index is 2.14. The molecule has 0 radical (unpaired) electrons. The highest BCUT2D eigenvalue weighted by atomic mass is 79.9. The number of benzene rings is 2. The fourth-order valence-corrected chi connectivity index (χ4v) is 2.88. The molecule has 0 heterocycles. The molecule has 0 fully saturated rings. The van der Waals surface area contributed by atoms with Crippen molar-refractivity contribution in [3.63, 3.8) is 0 Å². The first-order valence-corrected chi connectivity index (χ1v) is 7.87. The summed E-state index contributed by atoms with van der Waals surface area (Å²) in [7, 11) is 0. The van der Waals surface area contributed by atoms with Gasteiger partial charge in [0, 0.05) is 8.95 Å². The van der Waals surface area contributed by atoms with Crippen molar-refractivity contribution >= 4 is 43.0 Å². The molecule has 0 atom stereocenters. The van der Waals surface area contributed by atoms with Gasteiger partial charge in [0.15, 0.2) is 0 Å². The summed E-state index contributed by atoms with van der Waals surface area (Å²) in [6.45, 7) is 4.16. The molecule has 0 N–H and O–H groups in total. The summed E-state index contributed by atoms with van der Waals surface area (Å²) in [6.07, 6.45) is 4.22. The molecule has 0 amide bonds. The molecule has 0 aromatic heterocycles. The van der Waals surface area contributed by atoms with Crippen LogP contribution in [-0.4, -0.2) is 0 Å². The summed E-state index contributed by atoms with van der Waals surface area (Å²) in [4.78, 5) is 0. The minimum absolute atomic E-state index is 1.06. The Hall–Kier alpha value is -1.38. The average molecular weight is 388 g/mol. The van der Waals surface area contributed by atoms with Crippen molar-refractivity contribution in [1.29, 1.82) is 0 Å². The van der Waals surface area contributed by atoms with Gasteiger partial charge in [-0.3, -0.25) is 0 Å². The normalized spacial score (nSPS) is 14.2. The van der Waals surface area contributed by atoms with E-state index in [9.17, 15) is 0 Å². The SMILES string of the molecule is C=C1C=CC(c2ccc(Br)cc2)=C1c1ccc(Br)cc1. The molecule has 1 aliphatic carbocycles. The van der Waals surface area contributed by atoms with Gasteiger partial charge in [-0.1, -0.05) is 74.9 Å². The van der Waals surface area contributed by atoms with Crippen LogP contribution in [-0.2, 0) is 0 Å². The van der Waals surface area contributed by atoms with Crippen LogP contribution >= 0.6 is 31.9 Å². The maximum absolute atomic E-state index is 4.16. The number of halogens is 2. The maximum atomic E-state index is 4.16. The van der Waals surface area contributed by atoms with Crippen LogP contribution in [0.1, 0.15) is 11.1 Å². The molecule has 2 aromatic rings. The van der Waals surface area contributed by atoms with Gasteiger partial charge in [-0.15, -0.1) is 0 Å². The van der Waals surface area contributed by atoms with Gasteiger partial charge in [0.2, 0.25) is 0 Å². The number of hydrogen-bond donors (Lipinski definition) is 0. The number of rotatable bonds is 2. The van der Waals surface area contributed by atoms with Crippen LogP contribution in [0.3, 0.4) is 0 Å². The lowest BCUT2D eigenvalue weighted by atomic mass is 9.95. The van der Waals surface area contributed by atoms with Gasteiger partial charge in [0.05, 0.1) is 0 Å². The van der Waals surface area contributed by atoms with E-state index in [-0.39, 0.29) is 0 Å². The minimum atomic E-state index is 1.06. The standard InChI is InChI=1S/C18H12Br2/c1-12-2-11-17(13-3-7-15(19)8-4-13)18(12)14-5-9-16(20)10-6-14/h2-11H,1H2. The summed E-state index contributed by atoms with van der Waals surface area (Å²) >= 11 is 6.95. The molecule has 0 aliphatic heterocycles. The Morgan fingerprint density at radius 1 is 0.650 bits per heavy atom. The predicted molar refractivity (Wildman–Crippen MR) is 93.4 cm³/mol. The molecule has 2 aromatic carbocycles. The van der Waals surface area contributed by atoms with Crippen LogP contribution in [0.4, 0.5) is 0 Å². The number of allylic oxidation sites excluding steroid dienone is 5. The molecule has 1 aliphatic rings. The largest absolute Gasteiger partial charge is 0.0911 e. The minimum Gasteiger partial charge on any atom is -0.0911 e. The van der Waals surface area contributed by atoms with Crippen molar-refractivity contribution in [3.05, 3.63) is 92.9 Å². The molecule has 3 rings (SSSR count). The summed E-state index contributed by atoms with van der Waals surface area (Å²) < 4.78 is 2.18. The van der Waals surface area contributed by atoms with E-state index < -0.39 is 0 Å². The predicted octanol–water partition coefficient (Wildman–Crippen LogP) is 6.25. The summed E-state index contributed by atoms with van der Waals surface area (Å²) in [5.74, 6) is 0. The Morgan fingerprint density at radius 3 is 1.70 bits per heavy atom. The third-order valence-corrected chi connectivity index (χ3v) is 4.39. The molecule has 0 saturated carbocycles. The van der Waals surface area contributed by atoms with E-state index in [0.29, 0.717) is 0 Å². The van der Waals surface area contributed by atoms with Crippen molar-refractivity contribution in [2.75, 3.05) is 0 Å². The van der Waals surface area contributed by atoms with E-state index in [1.807, 2.05) is 0 Å². The molecule has 2 heteroatoms. The highest BCUT2D eigenvalue weighted by Crippen LogP contribution is 2.38. The fourth-order valence-electron chi connectivity index (χ4n) is 2.35. The highest BCUT2D eigenvalue weighted by Gasteiger charge is 2.16. The van der Waals surface area contributed by atoms with Gasteiger partial charge in [0.1, 0.15) is 0 Å². The first-order valence-electron chi connectivity index (χ1n) is 6.28. The molecular weight excluding hydrogens is 376 g/mol. The molecule has 98 valence electrons. The van der Waals surface area contributed by atoms with Gasteiger partial charge in [-0.2, -0.15) is 0 Å². The number of hydrogen-bond acceptors (Lipinski definition) is 0. The zero-order valence-electron chi connectivity index (χ0n) is 10.7. The van der Waals surface area contributed by atoms with E-state index in [1.54, 1.807) is 0 Å². The first kappa shape index (κ1) is 13.6. The molecular formula is C18H12Br2. The fraction of sp³-hybridized carbons (Fsp3) is 0. The van der Waals surface area contributed by atoms with Crippen molar-refractivity contribution in [1.82, 2.24) is 0 Å². The van der Waals surface area contributed by atoms with Crippen molar-refractivity contribution in [2.45, 2.75) is 0 Å². The molecule has 20 heavy (non-hydrogen) atoms. The van der Waals surface area contributed by atoms with Crippen LogP contribution in [0, 0.1) is 0 Å². The Kier molecular flexibility index (Phi) is 3.77. The van der Waals surface area contributed by atoms with Gasteiger partial charge >= 0.3 is 0 Å². The smallest absolute Gasteiger partial charge is 0.0175 e. The second-order valence-corrected chi connectivity index (χ2v) is 6.49. The second kappa shape index (κ2) is 5.55. The summed E-state index contributed by atoms with van der Waals surface area (Å²) in [5, 5.41) is 0. The van der Waals surface area contributed by atoms with E-state index >= 15 is 0 Å². The first-order chi connectivity index (χ1) is 9.65. The van der Waals surface area contributed by atoms with E-state index in [1.165, 1.54) is 22.3 Å². The third kappa shape index (κ3) is 2.58. The maximum Gasteiger partial charge on any atom is 0.0175 e. The van der Waals surface area contributed by atoms with Gasteiger partial charge in [-0.25, -0.2) is 0 Å². The monoisotopic (exact) mass is 386 g/mol. The molecule has 0 bridgehead atoms. The lowest BCUT2D eigenvalue weighted by Crippen LogP contribution is -1.88.